The summed E-state index contributed by atoms with van der Waals surface area (Å²) in [6.45, 7) is 10.00. The van der Waals surface area contributed by atoms with E-state index in [0.29, 0.717) is 32.7 Å². The number of aliphatic hydroxyl groups is 1. The fourth-order valence-corrected chi connectivity index (χ4v) is 2.29. The quantitative estimate of drug-likeness (QED) is 0.284. The lowest BCUT2D eigenvalue weighted by Crippen LogP contribution is -2.56. The molecule has 0 aromatic rings. The molecule has 0 aromatic heterocycles. The summed E-state index contributed by atoms with van der Waals surface area (Å²) in [5.41, 5.74) is 3.83. The largest absolute Gasteiger partial charge is 0.409 e. The van der Waals surface area contributed by atoms with Gasteiger partial charge >= 0.3 is 0 Å². The fourth-order valence-electron chi connectivity index (χ4n) is 2.29. The van der Waals surface area contributed by atoms with E-state index in [1.54, 1.807) is 32.6 Å². The normalized spacial score (nSPS) is 19.2. The van der Waals surface area contributed by atoms with Gasteiger partial charge in [0, 0.05) is 32.7 Å². The van der Waals surface area contributed by atoms with E-state index in [9.17, 15) is 9.90 Å². The summed E-state index contributed by atoms with van der Waals surface area (Å²) in [5, 5.41) is 21.5. The molecule has 0 unspecified atom stereocenters. The van der Waals surface area contributed by atoms with Crippen LogP contribution in [0.4, 0.5) is 0 Å². The van der Waals surface area contributed by atoms with Crippen LogP contribution in [-0.4, -0.2) is 70.2 Å². The second-order valence-corrected chi connectivity index (χ2v) is 6.49. The summed E-state index contributed by atoms with van der Waals surface area (Å²) < 4.78 is 0. The Morgan fingerprint density at radius 3 is 2.10 bits per heavy atom. The molecule has 0 atom stereocenters. The van der Waals surface area contributed by atoms with Crippen LogP contribution in [0.2, 0.25) is 0 Å². The molecule has 1 fully saturated rings. The molecule has 1 aliphatic rings. The van der Waals surface area contributed by atoms with Gasteiger partial charge in [0.05, 0.1) is 5.60 Å². The van der Waals surface area contributed by atoms with Gasteiger partial charge in [-0.2, -0.15) is 0 Å². The Morgan fingerprint density at radius 2 is 1.70 bits per heavy atom. The second kappa shape index (κ2) is 5.97. The molecule has 0 aliphatic carbocycles. The van der Waals surface area contributed by atoms with Crippen molar-refractivity contribution in [2.24, 2.45) is 16.3 Å². The molecule has 0 bridgehead atoms. The van der Waals surface area contributed by atoms with Crippen molar-refractivity contribution in [2.45, 2.75) is 33.3 Å². The van der Waals surface area contributed by atoms with Gasteiger partial charge in [-0.3, -0.25) is 9.69 Å². The van der Waals surface area contributed by atoms with Crippen LogP contribution in [0, 0.1) is 5.41 Å². The maximum Gasteiger partial charge on any atom is 0.236 e. The van der Waals surface area contributed by atoms with Gasteiger partial charge in [-0.15, -0.1) is 0 Å². The Labute approximate surface area is 120 Å². The van der Waals surface area contributed by atoms with Gasteiger partial charge in [-0.25, -0.2) is 0 Å². The van der Waals surface area contributed by atoms with Gasteiger partial charge < -0.3 is 20.9 Å². The Morgan fingerprint density at radius 1 is 1.20 bits per heavy atom. The number of β-amino-alcohol motifs (C(OH)–C–C–N with tert-alkyl or cyclic N) is 1. The summed E-state index contributed by atoms with van der Waals surface area (Å²) in [6.07, 6.45) is 0. The molecule has 1 saturated heterocycles. The standard InChI is InChI=1S/C13H26N4O3/c1-12(2,19)9-16-5-7-17(8-6-16)11(18)13(3,4)10(14)15-20/h19-20H,5-9H2,1-4H3,(H2,14,15). The van der Waals surface area contributed by atoms with Gasteiger partial charge in [-0.05, 0) is 27.7 Å². The monoisotopic (exact) mass is 286 g/mol. The van der Waals surface area contributed by atoms with E-state index >= 15 is 0 Å². The van der Waals surface area contributed by atoms with Crippen molar-refractivity contribution < 1.29 is 15.1 Å². The molecule has 0 spiro atoms. The third-order valence-corrected chi connectivity index (χ3v) is 3.55. The zero-order chi connectivity index (χ0) is 15.6. The van der Waals surface area contributed by atoms with Gasteiger partial charge in [0.1, 0.15) is 5.41 Å². The average Bonchev–Trinajstić information content (AvgIpc) is 2.35. The lowest BCUT2D eigenvalue weighted by Gasteiger charge is -2.39. The summed E-state index contributed by atoms with van der Waals surface area (Å²) in [7, 11) is 0. The molecule has 20 heavy (non-hydrogen) atoms. The number of nitrogens with two attached hydrogens (primary N) is 1. The minimum absolute atomic E-state index is 0.0820. The third kappa shape index (κ3) is 4.08. The van der Waals surface area contributed by atoms with Crippen LogP contribution in [0.3, 0.4) is 0 Å². The Hall–Kier alpha value is -1.34. The highest BCUT2D eigenvalue weighted by atomic mass is 16.4. The van der Waals surface area contributed by atoms with E-state index in [0.717, 1.165) is 0 Å². The highest BCUT2D eigenvalue weighted by Crippen LogP contribution is 2.20. The van der Waals surface area contributed by atoms with Crippen LogP contribution in [0.15, 0.2) is 5.16 Å². The van der Waals surface area contributed by atoms with E-state index < -0.39 is 11.0 Å². The molecular weight excluding hydrogens is 260 g/mol. The van der Waals surface area contributed by atoms with E-state index in [1.807, 2.05) is 0 Å². The number of piperazine rings is 1. The second-order valence-electron chi connectivity index (χ2n) is 6.49. The molecule has 0 aromatic carbocycles. The first-order valence-corrected chi connectivity index (χ1v) is 6.80. The highest BCUT2D eigenvalue weighted by Gasteiger charge is 2.37. The molecule has 1 heterocycles. The van der Waals surface area contributed by atoms with Crippen molar-refractivity contribution in [1.82, 2.24) is 9.80 Å². The molecule has 7 nitrogen and oxygen atoms in total. The van der Waals surface area contributed by atoms with E-state index in [4.69, 9.17) is 10.9 Å². The van der Waals surface area contributed by atoms with Gasteiger partial charge in [0.25, 0.3) is 0 Å². The summed E-state index contributed by atoms with van der Waals surface area (Å²) in [4.78, 5) is 16.2. The molecule has 116 valence electrons. The molecule has 4 N–H and O–H groups in total. The minimum atomic E-state index is -1.01. The fraction of sp³-hybridized carbons (Fsp3) is 0.846. The van der Waals surface area contributed by atoms with Crippen LogP contribution >= 0.6 is 0 Å². The van der Waals surface area contributed by atoms with Crippen LogP contribution in [0.25, 0.3) is 0 Å². The molecule has 7 heteroatoms. The predicted molar refractivity (Wildman–Crippen MR) is 76.5 cm³/mol. The smallest absolute Gasteiger partial charge is 0.236 e. The Balaban J connectivity index is 2.60. The van der Waals surface area contributed by atoms with Crippen LogP contribution < -0.4 is 5.73 Å². The number of hydrogen-bond donors (Lipinski definition) is 3. The number of carbonyl (C=O) groups excluding carboxylic acids is 1. The molecule has 0 saturated carbocycles. The van der Waals surface area contributed by atoms with Crippen LogP contribution in [-0.2, 0) is 4.79 Å². The number of carbonyl (C=O) groups is 1. The van der Waals surface area contributed by atoms with E-state index in [-0.39, 0.29) is 11.7 Å². The first-order chi connectivity index (χ1) is 9.08. The van der Waals surface area contributed by atoms with Crippen LogP contribution in [0.1, 0.15) is 27.7 Å². The number of hydrogen-bond acceptors (Lipinski definition) is 5. The Bertz CT molecular complexity index is 380. The summed E-state index contributed by atoms with van der Waals surface area (Å²) in [5.74, 6) is -0.225. The Kier molecular flexibility index (Phi) is 4.99. The van der Waals surface area contributed by atoms with Gasteiger partial charge in [0.15, 0.2) is 5.84 Å². The molecule has 1 rings (SSSR count). The number of rotatable bonds is 4. The van der Waals surface area contributed by atoms with Gasteiger partial charge in [0.2, 0.25) is 5.91 Å². The maximum absolute atomic E-state index is 12.4. The zero-order valence-electron chi connectivity index (χ0n) is 12.8. The SMILES string of the molecule is CC(C)(O)CN1CCN(C(=O)C(C)(C)C(N)=NO)CC1. The molecule has 1 aliphatic heterocycles. The van der Waals surface area contributed by atoms with E-state index in [2.05, 4.69) is 10.1 Å². The predicted octanol–water partition coefficient (Wildman–Crippen LogP) is -0.326. The van der Waals surface area contributed by atoms with Crippen molar-refractivity contribution >= 4 is 11.7 Å². The topological polar surface area (TPSA) is 102 Å². The van der Waals surface area contributed by atoms with E-state index in [1.165, 1.54) is 0 Å². The first-order valence-electron chi connectivity index (χ1n) is 6.80. The molecule has 0 radical (unpaired) electrons. The molecule has 1 amide bonds. The third-order valence-electron chi connectivity index (χ3n) is 3.55. The van der Waals surface area contributed by atoms with Crippen molar-refractivity contribution in [1.29, 1.82) is 0 Å². The lowest BCUT2D eigenvalue weighted by molar-refractivity contribution is -0.139. The molecular formula is C13H26N4O3. The highest BCUT2D eigenvalue weighted by molar-refractivity contribution is 6.05. The average molecular weight is 286 g/mol. The number of oxime groups is 1. The maximum atomic E-state index is 12.4. The van der Waals surface area contributed by atoms with Crippen molar-refractivity contribution in [3.8, 4) is 0 Å². The number of amides is 1. The number of amidine groups is 1. The van der Waals surface area contributed by atoms with Gasteiger partial charge in [-0.1, -0.05) is 5.16 Å². The summed E-state index contributed by atoms with van der Waals surface area (Å²) >= 11 is 0. The van der Waals surface area contributed by atoms with Crippen molar-refractivity contribution in [3.63, 3.8) is 0 Å². The lowest BCUT2D eigenvalue weighted by atomic mass is 9.90. The first kappa shape index (κ1) is 16.7. The number of nitrogens with zero attached hydrogens (tertiary/aromatic N) is 3. The van der Waals surface area contributed by atoms with Crippen molar-refractivity contribution in [2.75, 3.05) is 32.7 Å². The minimum Gasteiger partial charge on any atom is -0.409 e. The summed E-state index contributed by atoms with van der Waals surface area (Å²) in [6, 6.07) is 0. The van der Waals surface area contributed by atoms with Crippen molar-refractivity contribution in [3.05, 3.63) is 0 Å². The van der Waals surface area contributed by atoms with Crippen LogP contribution in [0.5, 0.6) is 0 Å². The zero-order valence-corrected chi connectivity index (χ0v) is 12.8.